The molecule has 0 radical (unpaired) electrons. The third-order valence-electron chi connectivity index (χ3n) is 3.10. The highest BCUT2D eigenvalue weighted by Gasteiger charge is 2.13. The van der Waals surface area contributed by atoms with Gasteiger partial charge in [0.2, 0.25) is 0 Å². The third-order valence-corrected chi connectivity index (χ3v) is 3.10. The molecule has 0 unspecified atom stereocenters. The fourth-order valence-corrected chi connectivity index (χ4v) is 2.14. The van der Waals surface area contributed by atoms with Gasteiger partial charge in [0, 0.05) is 6.54 Å². The number of benzene rings is 2. The molecule has 0 aliphatic carbocycles. The second-order valence-corrected chi connectivity index (χ2v) is 4.45. The molecule has 0 bridgehead atoms. The summed E-state index contributed by atoms with van der Waals surface area (Å²) in [5.74, 6) is 0. The Morgan fingerprint density at radius 3 is 2.44 bits per heavy atom. The van der Waals surface area contributed by atoms with Crippen LogP contribution in [0.2, 0.25) is 0 Å². The van der Waals surface area contributed by atoms with Gasteiger partial charge in [-0.05, 0) is 17.7 Å². The first-order valence-corrected chi connectivity index (χ1v) is 6.24. The molecule has 3 rings (SSSR count). The van der Waals surface area contributed by atoms with Gasteiger partial charge in [-0.2, -0.15) is 0 Å². The minimum absolute atomic E-state index is 0.333. The molecule has 18 heavy (non-hydrogen) atoms. The van der Waals surface area contributed by atoms with Gasteiger partial charge in [0.15, 0.2) is 0 Å². The molecule has 2 aromatic rings. The fourth-order valence-electron chi connectivity index (χ4n) is 2.14. The van der Waals surface area contributed by atoms with Gasteiger partial charge in [-0.15, -0.1) is 0 Å². The van der Waals surface area contributed by atoms with Crippen molar-refractivity contribution in [3.63, 3.8) is 0 Å². The van der Waals surface area contributed by atoms with Gasteiger partial charge in [0.25, 0.3) is 0 Å². The van der Waals surface area contributed by atoms with Crippen molar-refractivity contribution in [2.45, 2.75) is 6.04 Å². The number of anilines is 2. The normalized spacial score (nSPS) is 17.9. The van der Waals surface area contributed by atoms with E-state index >= 15 is 0 Å². The zero-order valence-corrected chi connectivity index (χ0v) is 10.1. The summed E-state index contributed by atoms with van der Waals surface area (Å²) in [7, 11) is 0. The maximum Gasteiger partial charge on any atom is 0.0621 e. The monoisotopic (exact) mass is 236 g/mol. The molecular weight excluding hydrogens is 220 g/mol. The molecule has 0 spiro atoms. The summed E-state index contributed by atoms with van der Waals surface area (Å²) in [4.78, 5) is 0. The van der Waals surface area contributed by atoms with Crippen LogP contribution in [0.1, 0.15) is 5.56 Å². The maximum atomic E-state index is 3.52. The van der Waals surface area contributed by atoms with E-state index in [0.29, 0.717) is 6.04 Å². The van der Waals surface area contributed by atoms with Crippen LogP contribution in [0.4, 0.5) is 11.4 Å². The zero-order valence-electron chi connectivity index (χ0n) is 10.1. The van der Waals surface area contributed by atoms with E-state index in [1.807, 2.05) is 12.1 Å². The topological polar surface area (TPSA) is 24.1 Å². The van der Waals surface area contributed by atoms with Gasteiger partial charge in [-0.1, -0.05) is 54.6 Å². The largest absolute Gasteiger partial charge is 0.381 e. The molecule has 0 saturated heterocycles. The predicted molar refractivity (Wildman–Crippen MR) is 77.8 cm³/mol. The first kappa shape index (κ1) is 10.9. The number of hydrogen-bond donors (Lipinski definition) is 2. The van der Waals surface area contributed by atoms with Crippen LogP contribution < -0.4 is 10.6 Å². The minimum Gasteiger partial charge on any atom is -0.381 e. The lowest BCUT2D eigenvalue weighted by Gasteiger charge is -2.26. The molecule has 1 aliphatic heterocycles. The van der Waals surface area contributed by atoms with Crippen molar-refractivity contribution in [3.05, 3.63) is 66.2 Å². The number of rotatable bonds is 2. The number of hydrogen-bond acceptors (Lipinski definition) is 2. The molecular formula is C16H16N2. The van der Waals surface area contributed by atoms with E-state index in [0.717, 1.165) is 6.54 Å². The van der Waals surface area contributed by atoms with Crippen LogP contribution >= 0.6 is 0 Å². The second-order valence-electron chi connectivity index (χ2n) is 4.45. The minimum atomic E-state index is 0.333. The Balaban J connectivity index is 1.72. The van der Waals surface area contributed by atoms with Crippen molar-refractivity contribution in [1.29, 1.82) is 0 Å². The summed E-state index contributed by atoms with van der Waals surface area (Å²) in [6, 6.07) is 19.0. The maximum absolute atomic E-state index is 3.52. The fraction of sp³-hybridized carbons (Fsp3) is 0.125. The summed E-state index contributed by atoms with van der Waals surface area (Å²) in [6.07, 6.45) is 4.37. The lowest BCUT2D eigenvalue weighted by Crippen LogP contribution is -2.30. The van der Waals surface area contributed by atoms with E-state index in [1.54, 1.807) is 0 Å². The summed E-state index contributed by atoms with van der Waals surface area (Å²) in [5.41, 5.74) is 3.59. The van der Waals surface area contributed by atoms with Gasteiger partial charge in [0.05, 0.1) is 17.4 Å². The molecule has 2 aromatic carbocycles. The number of nitrogens with one attached hydrogen (secondary N) is 2. The van der Waals surface area contributed by atoms with Crippen LogP contribution in [-0.4, -0.2) is 12.6 Å². The van der Waals surface area contributed by atoms with E-state index in [-0.39, 0.29) is 0 Å². The van der Waals surface area contributed by atoms with Crippen molar-refractivity contribution in [1.82, 2.24) is 0 Å². The summed E-state index contributed by atoms with van der Waals surface area (Å²) < 4.78 is 0. The first-order chi connectivity index (χ1) is 8.92. The highest BCUT2D eigenvalue weighted by molar-refractivity contribution is 5.72. The second kappa shape index (κ2) is 4.96. The van der Waals surface area contributed by atoms with Crippen LogP contribution in [0, 0.1) is 0 Å². The Hall–Kier alpha value is -2.22. The number of para-hydroxylation sites is 2. The molecule has 0 aromatic heterocycles. The lowest BCUT2D eigenvalue weighted by atomic mass is 10.1. The highest BCUT2D eigenvalue weighted by Crippen LogP contribution is 2.25. The van der Waals surface area contributed by atoms with Gasteiger partial charge in [-0.25, -0.2) is 0 Å². The van der Waals surface area contributed by atoms with Crippen LogP contribution in [0.3, 0.4) is 0 Å². The van der Waals surface area contributed by atoms with Crippen LogP contribution in [0.25, 0.3) is 6.08 Å². The van der Waals surface area contributed by atoms with Crippen LogP contribution in [0.15, 0.2) is 60.7 Å². The molecule has 1 heterocycles. The average molecular weight is 236 g/mol. The van der Waals surface area contributed by atoms with Crippen LogP contribution in [-0.2, 0) is 0 Å². The van der Waals surface area contributed by atoms with E-state index in [4.69, 9.17) is 0 Å². The highest BCUT2D eigenvalue weighted by atomic mass is 15.1. The van der Waals surface area contributed by atoms with Gasteiger partial charge < -0.3 is 10.6 Å². The lowest BCUT2D eigenvalue weighted by molar-refractivity contribution is 0.896. The SMILES string of the molecule is C(=C\[C@@H]1CNc2ccccc2N1)/c1ccccc1. The van der Waals surface area contributed by atoms with Crippen LogP contribution in [0.5, 0.6) is 0 Å². The Bertz CT molecular complexity index is 546. The zero-order chi connectivity index (χ0) is 12.2. The molecule has 0 saturated carbocycles. The quantitative estimate of drug-likeness (QED) is 0.832. The Morgan fingerprint density at radius 1 is 0.889 bits per heavy atom. The van der Waals surface area contributed by atoms with Gasteiger partial charge >= 0.3 is 0 Å². The van der Waals surface area contributed by atoms with Gasteiger partial charge in [0.1, 0.15) is 0 Å². The van der Waals surface area contributed by atoms with E-state index in [1.165, 1.54) is 16.9 Å². The van der Waals surface area contributed by atoms with E-state index in [9.17, 15) is 0 Å². The average Bonchev–Trinajstić information content (AvgIpc) is 2.46. The molecule has 0 fully saturated rings. The molecule has 0 amide bonds. The van der Waals surface area contributed by atoms with Crippen molar-refractivity contribution in [2.75, 3.05) is 17.2 Å². The predicted octanol–water partition coefficient (Wildman–Crippen LogP) is 3.61. The molecule has 1 atom stereocenters. The molecule has 2 nitrogen and oxygen atoms in total. The number of fused-ring (bicyclic) bond motifs is 1. The standard InChI is InChI=1S/C16H16N2/c1-2-6-13(7-3-1)10-11-14-12-17-15-8-4-5-9-16(15)18-14/h1-11,14,17-18H,12H2/b11-10+/t14-/m1/s1. The Morgan fingerprint density at radius 2 is 1.61 bits per heavy atom. The Kier molecular flexibility index (Phi) is 3.01. The summed E-state index contributed by atoms with van der Waals surface area (Å²) in [6.45, 7) is 0.917. The van der Waals surface area contributed by atoms with Crippen molar-refractivity contribution >= 4 is 17.5 Å². The van der Waals surface area contributed by atoms with E-state index < -0.39 is 0 Å². The van der Waals surface area contributed by atoms with Crippen molar-refractivity contribution in [2.24, 2.45) is 0 Å². The van der Waals surface area contributed by atoms with Crippen molar-refractivity contribution in [3.8, 4) is 0 Å². The van der Waals surface area contributed by atoms with Gasteiger partial charge in [-0.3, -0.25) is 0 Å². The summed E-state index contributed by atoms with van der Waals surface area (Å²) in [5, 5.41) is 6.95. The Labute approximate surface area is 107 Å². The molecule has 90 valence electrons. The summed E-state index contributed by atoms with van der Waals surface area (Å²) >= 11 is 0. The van der Waals surface area contributed by atoms with Crippen molar-refractivity contribution < 1.29 is 0 Å². The molecule has 2 N–H and O–H groups in total. The first-order valence-electron chi connectivity index (χ1n) is 6.24. The van der Waals surface area contributed by atoms with E-state index in [2.05, 4.69) is 65.3 Å². The smallest absolute Gasteiger partial charge is 0.0621 e. The third kappa shape index (κ3) is 2.38. The molecule has 1 aliphatic rings. The molecule has 2 heteroatoms.